The van der Waals surface area contributed by atoms with Crippen LogP contribution in [0.3, 0.4) is 0 Å². The molecule has 1 aromatic carbocycles. The van der Waals surface area contributed by atoms with Crippen LogP contribution in [0.4, 0.5) is 0 Å². The van der Waals surface area contributed by atoms with Gasteiger partial charge in [0, 0.05) is 32.8 Å². The second-order valence-electron chi connectivity index (χ2n) is 5.08. The fourth-order valence-corrected chi connectivity index (χ4v) is 3.07. The third-order valence-corrected chi connectivity index (χ3v) is 4.67. The van der Waals surface area contributed by atoms with Crippen molar-refractivity contribution in [3.63, 3.8) is 0 Å². The van der Waals surface area contributed by atoms with Gasteiger partial charge in [-0.2, -0.15) is 5.10 Å². The maximum atomic E-state index is 12.0. The van der Waals surface area contributed by atoms with Gasteiger partial charge < -0.3 is 5.32 Å². The molecule has 23 heavy (non-hydrogen) atoms. The first-order valence-electron chi connectivity index (χ1n) is 7.26. The van der Waals surface area contributed by atoms with Gasteiger partial charge in [-0.05, 0) is 24.1 Å². The number of hydrogen-bond acceptors (Lipinski definition) is 4. The molecular formula is C15H20N4O3S. The van der Waals surface area contributed by atoms with Gasteiger partial charge in [0.05, 0.1) is 11.1 Å². The van der Waals surface area contributed by atoms with Gasteiger partial charge >= 0.3 is 0 Å². The van der Waals surface area contributed by atoms with Gasteiger partial charge in [-0.3, -0.25) is 9.48 Å². The normalized spacial score (nSPS) is 11.3. The molecule has 0 radical (unpaired) electrons. The summed E-state index contributed by atoms with van der Waals surface area (Å²) in [6, 6.07) is 8.07. The molecule has 0 fully saturated rings. The lowest BCUT2D eigenvalue weighted by Gasteiger charge is -2.07. The predicted molar refractivity (Wildman–Crippen MR) is 86.2 cm³/mol. The highest BCUT2D eigenvalue weighted by atomic mass is 32.2. The van der Waals surface area contributed by atoms with Gasteiger partial charge in [0.15, 0.2) is 0 Å². The lowest BCUT2D eigenvalue weighted by molar-refractivity contribution is -0.120. The molecule has 2 rings (SSSR count). The molecule has 8 heteroatoms. The maximum absolute atomic E-state index is 12.0. The Bertz CT molecular complexity index is 741. The molecule has 2 aromatic rings. The molecule has 2 N–H and O–H groups in total. The van der Waals surface area contributed by atoms with Gasteiger partial charge in [-0.1, -0.05) is 18.2 Å². The molecule has 1 aromatic heterocycles. The van der Waals surface area contributed by atoms with E-state index in [4.69, 9.17) is 0 Å². The number of nitrogens with one attached hydrogen (secondary N) is 2. The average Bonchev–Trinajstić information content (AvgIpc) is 2.93. The SMILES string of the molecule is Cn1cc(CCNC(=O)CCNS(=O)(=O)c2ccccc2)cn1. The molecule has 7 nitrogen and oxygen atoms in total. The van der Waals surface area contributed by atoms with Crippen molar-refractivity contribution in [2.45, 2.75) is 17.7 Å². The summed E-state index contributed by atoms with van der Waals surface area (Å²) in [5, 5.41) is 6.80. The predicted octanol–water partition coefficient (Wildman–Crippen LogP) is 0.447. The number of hydrogen-bond donors (Lipinski definition) is 2. The van der Waals surface area contributed by atoms with Crippen molar-refractivity contribution in [1.82, 2.24) is 19.8 Å². The van der Waals surface area contributed by atoms with Crippen LogP contribution in [0.15, 0.2) is 47.6 Å². The second kappa shape index (κ2) is 7.89. The first-order valence-corrected chi connectivity index (χ1v) is 8.74. The molecule has 0 bridgehead atoms. The van der Waals surface area contributed by atoms with Crippen LogP contribution in [0.1, 0.15) is 12.0 Å². The van der Waals surface area contributed by atoms with E-state index in [2.05, 4.69) is 15.1 Å². The van der Waals surface area contributed by atoms with Crippen molar-refractivity contribution in [3.8, 4) is 0 Å². The minimum absolute atomic E-state index is 0.0654. The summed E-state index contributed by atoms with van der Waals surface area (Å²) in [6.45, 7) is 0.561. The largest absolute Gasteiger partial charge is 0.356 e. The molecule has 1 heterocycles. The van der Waals surface area contributed by atoms with Crippen molar-refractivity contribution in [2.75, 3.05) is 13.1 Å². The summed E-state index contributed by atoms with van der Waals surface area (Å²) in [5.74, 6) is -0.190. The second-order valence-corrected chi connectivity index (χ2v) is 6.85. The number of amides is 1. The van der Waals surface area contributed by atoms with Crippen molar-refractivity contribution in [2.24, 2.45) is 7.05 Å². The van der Waals surface area contributed by atoms with E-state index in [1.165, 1.54) is 12.1 Å². The molecule has 0 spiro atoms. The Labute approximate surface area is 135 Å². The number of carbonyl (C=O) groups excluding carboxylic acids is 1. The Morgan fingerprint density at radius 2 is 1.96 bits per heavy atom. The summed E-state index contributed by atoms with van der Waals surface area (Å²) in [4.78, 5) is 11.9. The Kier molecular flexibility index (Phi) is 5.89. The Morgan fingerprint density at radius 1 is 1.22 bits per heavy atom. The van der Waals surface area contributed by atoms with E-state index in [0.717, 1.165) is 5.56 Å². The molecule has 0 aliphatic heterocycles. The minimum atomic E-state index is -3.56. The van der Waals surface area contributed by atoms with Crippen LogP contribution < -0.4 is 10.0 Å². The summed E-state index contributed by atoms with van der Waals surface area (Å²) in [7, 11) is -1.72. The van der Waals surface area contributed by atoms with Crippen LogP contribution in [0.2, 0.25) is 0 Å². The number of aromatic nitrogens is 2. The fraction of sp³-hybridized carbons (Fsp3) is 0.333. The zero-order valence-corrected chi connectivity index (χ0v) is 13.7. The number of carbonyl (C=O) groups is 1. The third-order valence-electron chi connectivity index (χ3n) is 3.19. The van der Waals surface area contributed by atoms with Gasteiger partial charge in [0.1, 0.15) is 0 Å². The van der Waals surface area contributed by atoms with Crippen molar-refractivity contribution < 1.29 is 13.2 Å². The van der Waals surface area contributed by atoms with E-state index in [1.54, 1.807) is 29.1 Å². The Morgan fingerprint density at radius 3 is 2.61 bits per heavy atom. The van der Waals surface area contributed by atoms with Gasteiger partial charge in [0.25, 0.3) is 0 Å². The molecule has 0 aliphatic carbocycles. The molecule has 0 saturated heterocycles. The van der Waals surface area contributed by atoms with Gasteiger partial charge in [-0.15, -0.1) is 0 Å². The average molecular weight is 336 g/mol. The van der Waals surface area contributed by atoms with E-state index in [0.29, 0.717) is 13.0 Å². The van der Waals surface area contributed by atoms with Crippen LogP contribution >= 0.6 is 0 Å². The number of benzene rings is 1. The molecular weight excluding hydrogens is 316 g/mol. The zero-order chi connectivity index (χ0) is 16.7. The number of nitrogens with zero attached hydrogens (tertiary/aromatic N) is 2. The topological polar surface area (TPSA) is 93.1 Å². The number of sulfonamides is 1. The van der Waals surface area contributed by atoms with Crippen LogP contribution in [-0.2, 0) is 28.3 Å². The first kappa shape index (κ1) is 17.2. The number of aryl methyl sites for hydroxylation is 1. The fourth-order valence-electron chi connectivity index (χ4n) is 2.02. The highest BCUT2D eigenvalue weighted by Gasteiger charge is 2.13. The van der Waals surface area contributed by atoms with Gasteiger partial charge in [0.2, 0.25) is 15.9 Å². The van der Waals surface area contributed by atoms with Crippen LogP contribution in [0.25, 0.3) is 0 Å². The van der Waals surface area contributed by atoms with Crippen molar-refractivity contribution in [3.05, 3.63) is 48.3 Å². The summed E-state index contributed by atoms with van der Waals surface area (Å²) < 4.78 is 28.0. The quantitative estimate of drug-likeness (QED) is 0.732. The van der Waals surface area contributed by atoms with Crippen molar-refractivity contribution >= 4 is 15.9 Å². The maximum Gasteiger partial charge on any atom is 0.240 e. The lowest BCUT2D eigenvalue weighted by Crippen LogP contribution is -2.31. The Balaban J connectivity index is 1.68. The summed E-state index contributed by atoms with van der Waals surface area (Å²) in [5.41, 5.74) is 1.04. The molecule has 1 amide bonds. The highest BCUT2D eigenvalue weighted by Crippen LogP contribution is 2.06. The molecule has 0 aliphatic rings. The lowest BCUT2D eigenvalue weighted by atomic mass is 10.2. The zero-order valence-electron chi connectivity index (χ0n) is 12.9. The van der Waals surface area contributed by atoms with Crippen LogP contribution in [0, 0.1) is 0 Å². The minimum Gasteiger partial charge on any atom is -0.356 e. The van der Waals surface area contributed by atoms with Gasteiger partial charge in [-0.25, -0.2) is 13.1 Å². The molecule has 0 saturated carbocycles. The van der Waals surface area contributed by atoms with E-state index in [-0.39, 0.29) is 23.8 Å². The number of rotatable bonds is 8. The third kappa shape index (κ3) is 5.50. The van der Waals surface area contributed by atoms with Crippen molar-refractivity contribution in [1.29, 1.82) is 0 Å². The molecule has 0 atom stereocenters. The van der Waals surface area contributed by atoms with Crippen LogP contribution in [-0.4, -0.2) is 37.2 Å². The molecule has 124 valence electrons. The van der Waals surface area contributed by atoms with Crippen LogP contribution in [0.5, 0.6) is 0 Å². The monoisotopic (exact) mass is 336 g/mol. The van der Waals surface area contributed by atoms with E-state index >= 15 is 0 Å². The van der Waals surface area contributed by atoms with E-state index < -0.39 is 10.0 Å². The summed E-state index contributed by atoms with van der Waals surface area (Å²) in [6.07, 6.45) is 4.43. The molecule has 0 unspecified atom stereocenters. The van der Waals surface area contributed by atoms with E-state index in [9.17, 15) is 13.2 Å². The smallest absolute Gasteiger partial charge is 0.240 e. The summed E-state index contributed by atoms with van der Waals surface area (Å²) >= 11 is 0. The van der Waals surface area contributed by atoms with E-state index in [1.807, 2.05) is 13.2 Å². The Hall–Kier alpha value is -2.19. The standard InChI is InChI=1S/C15H20N4O3S/c1-19-12-13(11-17-19)7-9-16-15(20)8-10-18-23(21,22)14-5-3-2-4-6-14/h2-6,11-12,18H,7-10H2,1H3,(H,16,20). The highest BCUT2D eigenvalue weighted by molar-refractivity contribution is 7.89. The first-order chi connectivity index (χ1) is 11.0.